The molecule has 0 aliphatic heterocycles. The third-order valence-electron chi connectivity index (χ3n) is 3.16. The van der Waals surface area contributed by atoms with Gasteiger partial charge in [-0.15, -0.1) is 0 Å². The Bertz CT molecular complexity index is 662. The second kappa shape index (κ2) is 8.45. The van der Waals surface area contributed by atoms with Gasteiger partial charge in [0.15, 0.2) is 0 Å². The first-order valence-electron chi connectivity index (χ1n) is 7.28. The van der Waals surface area contributed by atoms with Crippen LogP contribution in [-0.4, -0.2) is 48.0 Å². The van der Waals surface area contributed by atoms with Gasteiger partial charge in [-0.25, -0.2) is 9.97 Å². The van der Waals surface area contributed by atoms with Gasteiger partial charge in [-0.3, -0.25) is 4.79 Å². The minimum absolute atomic E-state index is 0.261. The molecule has 2 N–H and O–H groups in total. The summed E-state index contributed by atoms with van der Waals surface area (Å²) >= 11 is 6.07. The molecule has 0 saturated heterocycles. The lowest BCUT2D eigenvalue weighted by molar-refractivity contribution is 0.0946. The van der Waals surface area contributed by atoms with Crippen LogP contribution in [0.1, 0.15) is 16.1 Å². The summed E-state index contributed by atoms with van der Waals surface area (Å²) in [7, 11) is 3.99. The summed E-state index contributed by atoms with van der Waals surface area (Å²) in [5, 5.41) is 6.59. The summed E-state index contributed by atoms with van der Waals surface area (Å²) in [4.78, 5) is 22.4. The van der Waals surface area contributed by atoms with E-state index in [-0.39, 0.29) is 5.91 Å². The molecule has 1 heterocycles. The zero-order valence-electron chi connectivity index (χ0n) is 13.2. The molecule has 0 bridgehead atoms. The fourth-order valence-electron chi connectivity index (χ4n) is 1.89. The van der Waals surface area contributed by atoms with Crippen molar-refractivity contribution in [2.75, 3.05) is 32.5 Å². The molecule has 0 aliphatic rings. The van der Waals surface area contributed by atoms with E-state index in [1.165, 1.54) is 6.33 Å². The molecular weight excluding hydrogens is 314 g/mol. The number of hydrogen-bond acceptors (Lipinski definition) is 5. The second-order valence-electron chi connectivity index (χ2n) is 5.29. The van der Waals surface area contributed by atoms with Crippen molar-refractivity contribution >= 4 is 23.3 Å². The average Bonchev–Trinajstić information content (AvgIpc) is 2.54. The summed E-state index contributed by atoms with van der Waals surface area (Å²) in [6, 6.07) is 9.03. The van der Waals surface area contributed by atoms with E-state index < -0.39 is 0 Å². The molecule has 0 atom stereocenters. The molecular formula is C16H20ClN5O. The molecule has 0 fully saturated rings. The largest absolute Gasteiger partial charge is 0.369 e. The second-order valence-corrected chi connectivity index (χ2v) is 5.70. The van der Waals surface area contributed by atoms with Crippen LogP contribution in [0.25, 0.3) is 0 Å². The molecule has 1 aromatic heterocycles. The number of halogens is 1. The topological polar surface area (TPSA) is 70.2 Å². The third-order valence-corrected chi connectivity index (χ3v) is 3.53. The van der Waals surface area contributed by atoms with Gasteiger partial charge in [-0.2, -0.15) is 0 Å². The molecule has 6 nitrogen and oxygen atoms in total. The number of carbonyl (C=O) groups is 1. The molecule has 0 spiro atoms. The van der Waals surface area contributed by atoms with Crippen LogP contribution in [0.2, 0.25) is 5.02 Å². The van der Waals surface area contributed by atoms with Crippen LogP contribution in [-0.2, 0) is 6.54 Å². The number of nitrogens with zero attached hydrogens (tertiary/aromatic N) is 3. The number of hydrogen-bond donors (Lipinski definition) is 2. The lowest BCUT2D eigenvalue weighted by atomic mass is 10.2. The third kappa shape index (κ3) is 5.50. The SMILES string of the molecule is CN(C)CCNc1cc(C(=O)NCc2ccccc2Cl)ncn1. The Kier molecular flexibility index (Phi) is 6.31. The van der Waals surface area contributed by atoms with Gasteiger partial charge in [0.05, 0.1) is 0 Å². The summed E-state index contributed by atoms with van der Waals surface area (Å²) in [6.45, 7) is 1.97. The van der Waals surface area contributed by atoms with Gasteiger partial charge in [0.2, 0.25) is 0 Å². The van der Waals surface area contributed by atoms with Crippen molar-refractivity contribution in [1.82, 2.24) is 20.2 Å². The highest BCUT2D eigenvalue weighted by molar-refractivity contribution is 6.31. The summed E-state index contributed by atoms with van der Waals surface area (Å²) in [5.41, 5.74) is 1.18. The van der Waals surface area contributed by atoms with Crippen LogP contribution in [0, 0.1) is 0 Å². The zero-order valence-corrected chi connectivity index (χ0v) is 14.0. The highest BCUT2D eigenvalue weighted by Gasteiger charge is 2.09. The smallest absolute Gasteiger partial charge is 0.270 e. The monoisotopic (exact) mass is 333 g/mol. The Morgan fingerprint density at radius 3 is 2.78 bits per heavy atom. The molecule has 0 radical (unpaired) electrons. The summed E-state index contributed by atoms with van der Waals surface area (Å²) in [5.74, 6) is 0.368. The van der Waals surface area contributed by atoms with Crippen molar-refractivity contribution in [3.63, 3.8) is 0 Å². The predicted octanol–water partition coefficient (Wildman–Crippen LogP) is 2.03. The molecule has 1 amide bonds. The van der Waals surface area contributed by atoms with Crippen molar-refractivity contribution in [1.29, 1.82) is 0 Å². The van der Waals surface area contributed by atoms with Crippen LogP contribution >= 0.6 is 11.6 Å². The van der Waals surface area contributed by atoms with Crippen molar-refractivity contribution in [3.8, 4) is 0 Å². The van der Waals surface area contributed by atoms with E-state index in [1.807, 2.05) is 32.3 Å². The number of carbonyl (C=O) groups excluding carboxylic acids is 1. The van der Waals surface area contributed by atoms with Crippen molar-refractivity contribution in [2.24, 2.45) is 0 Å². The van der Waals surface area contributed by atoms with Crippen LogP contribution in [0.5, 0.6) is 0 Å². The fourth-order valence-corrected chi connectivity index (χ4v) is 2.10. The van der Waals surface area contributed by atoms with Crippen LogP contribution in [0.3, 0.4) is 0 Å². The number of aromatic nitrogens is 2. The van der Waals surface area contributed by atoms with E-state index in [1.54, 1.807) is 12.1 Å². The minimum atomic E-state index is -0.261. The first-order chi connectivity index (χ1) is 11.1. The van der Waals surface area contributed by atoms with Gasteiger partial charge in [0.25, 0.3) is 5.91 Å². The maximum absolute atomic E-state index is 12.2. The quantitative estimate of drug-likeness (QED) is 0.811. The maximum Gasteiger partial charge on any atom is 0.270 e. The predicted molar refractivity (Wildman–Crippen MR) is 91.7 cm³/mol. The Morgan fingerprint density at radius 2 is 2.04 bits per heavy atom. The zero-order chi connectivity index (χ0) is 16.7. The van der Waals surface area contributed by atoms with Crippen molar-refractivity contribution in [3.05, 3.63) is 52.9 Å². The van der Waals surface area contributed by atoms with Gasteiger partial charge >= 0.3 is 0 Å². The molecule has 2 rings (SSSR count). The number of rotatable bonds is 7. The van der Waals surface area contributed by atoms with Crippen molar-refractivity contribution < 1.29 is 4.79 Å². The molecule has 0 unspecified atom stereocenters. The van der Waals surface area contributed by atoms with Gasteiger partial charge in [-0.1, -0.05) is 29.8 Å². The van der Waals surface area contributed by atoms with E-state index >= 15 is 0 Å². The molecule has 1 aromatic carbocycles. The number of anilines is 1. The van der Waals surface area contributed by atoms with Gasteiger partial charge < -0.3 is 15.5 Å². The van der Waals surface area contributed by atoms with Crippen molar-refractivity contribution in [2.45, 2.75) is 6.54 Å². The molecule has 122 valence electrons. The van der Waals surface area contributed by atoms with Crippen LogP contribution in [0.15, 0.2) is 36.7 Å². The van der Waals surface area contributed by atoms with E-state index in [0.717, 1.165) is 18.7 Å². The van der Waals surface area contributed by atoms with Gasteiger partial charge in [0, 0.05) is 30.7 Å². The molecule has 0 saturated carbocycles. The van der Waals surface area contributed by atoms with E-state index in [9.17, 15) is 4.79 Å². The average molecular weight is 334 g/mol. The van der Waals surface area contributed by atoms with Crippen LogP contribution < -0.4 is 10.6 Å². The van der Waals surface area contributed by atoms with E-state index in [0.29, 0.717) is 23.1 Å². The van der Waals surface area contributed by atoms with E-state index in [2.05, 4.69) is 25.5 Å². The Labute approximate surface area is 140 Å². The maximum atomic E-state index is 12.2. The first-order valence-corrected chi connectivity index (χ1v) is 7.66. The van der Waals surface area contributed by atoms with E-state index in [4.69, 9.17) is 11.6 Å². The Hall–Kier alpha value is -2.18. The summed E-state index contributed by atoms with van der Waals surface area (Å²) in [6.07, 6.45) is 1.38. The minimum Gasteiger partial charge on any atom is -0.369 e. The Balaban J connectivity index is 1.93. The highest BCUT2D eigenvalue weighted by atomic mass is 35.5. The number of benzene rings is 1. The number of nitrogens with one attached hydrogen (secondary N) is 2. The normalized spacial score (nSPS) is 10.6. The lowest BCUT2D eigenvalue weighted by Crippen LogP contribution is -2.25. The molecule has 0 aliphatic carbocycles. The van der Waals surface area contributed by atoms with Gasteiger partial charge in [-0.05, 0) is 25.7 Å². The lowest BCUT2D eigenvalue weighted by Gasteiger charge is -2.11. The van der Waals surface area contributed by atoms with Crippen LogP contribution in [0.4, 0.5) is 5.82 Å². The highest BCUT2D eigenvalue weighted by Crippen LogP contribution is 2.14. The Morgan fingerprint density at radius 1 is 1.26 bits per heavy atom. The number of amides is 1. The first kappa shape index (κ1) is 17.2. The molecule has 7 heteroatoms. The number of likely N-dealkylation sites (N-methyl/N-ethyl adjacent to an activating group) is 1. The standard InChI is InChI=1S/C16H20ClN5O/c1-22(2)8-7-18-15-9-14(20-11-21-15)16(23)19-10-12-5-3-4-6-13(12)17/h3-6,9,11H,7-8,10H2,1-2H3,(H,19,23)(H,18,20,21). The molecule has 23 heavy (non-hydrogen) atoms. The summed E-state index contributed by atoms with van der Waals surface area (Å²) < 4.78 is 0. The fraction of sp³-hybridized carbons (Fsp3) is 0.312. The molecule has 2 aromatic rings. The van der Waals surface area contributed by atoms with Gasteiger partial charge in [0.1, 0.15) is 17.8 Å².